The maximum absolute atomic E-state index is 14.2. The number of aromatic nitrogens is 1. The number of methoxy groups -OCH3 is 2. The molecule has 1 aliphatic rings. The van der Waals surface area contributed by atoms with Gasteiger partial charge in [-0.1, -0.05) is 67.6 Å². The minimum Gasteiger partial charge on any atom is -0.497 e. The molecule has 3 aromatic carbocycles. The van der Waals surface area contributed by atoms with E-state index in [1.807, 2.05) is 73.7 Å². The topological polar surface area (TPSA) is 79.1 Å². The highest BCUT2D eigenvalue weighted by Crippen LogP contribution is 2.36. The first kappa shape index (κ1) is 29.1. The summed E-state index contributed by atoms with van der Waals surface area (Å²) in [6, 6.07) is 20.2. The molecule has 0 bridgehead atoms. The number of rotatable bonds is 8. The van der Waals surface area contributed by atoms with Gasteiger partial charge in [0.1, 0.15) is 11.5 Å². The molecule has 2 heterocycles. The Bertz CT molecular complexity index is 1850. The minimum absolute atomic E-state index is 0.189. The highest BCUT2D eigenvalue weighted by molar-refractivity contribution is 7.07. The summed E-state index contributed by atoms with van der Waals surface area (Å²) < 4.78 is 18.8. The molecule has 42 heavy (non-hydrogen) atoms. The third-order valence-electron chi connectivity index (χ3n) is 7.31. The standard InChI is InChI=1S/C34H34N2O5S/c1-7-41-33(38)29-30(22-12-9-8-10-13-22)35-34-36(31(29)23-14-11-15-25(17-23)39-5)32(37)28(42-34)19-24-18-26(20(2)3)27(40-6)16-21(24)4/h8-20,31H,7H2,1-6H3/b28-19+/t31-/m0/s1. The van der Waals surface area contributed by atoms with Gasteiger partial charge in [-0.05, 0) is 72.4 Å². The molecule has 1 aliphatic heterocycles. The van der Waals surface area contributed by atoms with Gasteiger partial charge in [-0.3, -0.25) is 9.36 Å². The molecule has 4 aromatic rings. The normalized spacial score (nSPS) is 14.9. The number of aryl methyl sites for hydroxylation is 1. The van der Waals surface area contributed by atoms with Crippen LogP contribution < -0.4 is 24.4 Å². The molecule has 0 spiro atoms. The molecule has 1 aromatic heterocycles. The number of nitrogens with zero attached hydrogens (tertiary/aromatic N) is 2. The van der Waals surface area contributed by atoms with Crippen LogP contribution in [0.2, 0.25) is 0 Å². The molecule has 0 amide bonds. The first-order valence-corrected chi connectivity index (χ1v) is 14.7. The van der Waals surface area contributed by atoms with Gasteiger partial charge in [0.15, 0.2) is 4.80 Å². The molecule has 5 rings (SSSR count). The molecule has 0 saturated heterocycles. The largest absolute Gasteiger partial charge is 0.497 e. The van der Waals surface area contributed by atoms with Crippen LogP contribution in [0, 0.1) is 6.92 Å². The Kier molecular flexibility index (Phi) is 8.45. The van der Waals surface area contributed by atoms with Gasteiger partial charge in [0.05, 0.1) is 42.7 Å². The van der Waals surface area contributed by atoms with Gasteiger partial charge in [0.2, 0.25) is 0 Å². The number of benzene rings is 3. The number of thiazole rings is 1. The lowest BCUT2D eigenvalue weighted by Gasteiger charge is -2.26. The number of hydrogen-bond donors (Lipinski definition) is 0. The zero-order valence-corrected chi connectivity index (χ0v) is 25.5. The lowest BCUT2D eigenvalue weighted by atomic mass is 9.93. The molecule has 216 valence electrons. The zero-order chi connectivity index (χ0) is 30.0. The van der Waals surface area contributed by atoms with Crippen molar-refractivity contribution in [2.75, 3.05) is 20.8 Å². The van der Waals surface area contributed by atoms with Gasteiger partial charge >= 0.3 is 5.97 Å². The van der Waals surface area contributed by atoms with E-state index in [2.05, 4.69) is 19.9 Å². The van der Waals surface area contributed by atoms with Crippen LogP contribution in [0.25, 0.3) is 11.8 Å². The predicted octanol–water partition coefficient (Wildman–Crippen LogP) is 5.38. The molecule has 0 N–H and O–H groups in total. The Labute approximate surface area is 249 Å². The second kappa shape index (κ2) is 12.2. The van der Waals surface area contributed by atoms with Gasteiger partial charge in [0.25, 0.3) is 5.56 Å². The van der Waals surface area contributed by atoms with Gasteiger partial charge in [-0.15, -0.1) is 0 Å². The second-order valence-corrected chi connectivity index (χ2v) is 11.3. The van der Waals surface area contributed by atoms with Crippen LogP contribution in [0.5, 0.6) is 11.5 Å². The SMILES string of the molecule is CCOC(=O)C1=C(c2ccccc2)N=c2s/c(=C/c3cc(C(C)C)c(OC)cc3C)c(=O)n2[C@H]1c1cccc(OC)c1. The van der Waals surface area contributed by atoms with Crippen molar-refractivity contribution in [2.45, 2.75) is 39.7 Å². The molecule has 7 nitrogen and oxygen atoms in total. The molecule has 0 aliphatic carbocycles. The Hall–Kier alpha value is -4.43. The fourth-order valence-corrected chi connectivity index (χ4v) is 6.20. The van der Waals surface area contributed by atoms with Gasteiger partial charge in [0, 0.05) is 5.56 Å². The molecule has 0 saturated carbocycles. The summed E-state index contributed by atoms with van der Waals surface area (Å²) in [6.45, 7) is 8.18. The number of ether oxygens (including phenoxy) is 3. The number of fused-ring (bicyclic) bond motifs is 1. The maximum Gasteiger partial charge on any atom is 0.338 e. The van der Waals surface area contributed by atoms with E-state index in [1.165, 1.54) is 11.3 Å². The lowest BCUT2D eigenvalue weighted by molar-refractivity contribution is -0.138. The van der Waals surface area contributed by atoms with E-state index in [4.69, 9.17) is 19.2 Å². The monoisotopic (exact) mass is 582 g/mol. The zero-order valence-electron chi connectivity index (χ0n) is 24.6. The summed E-state index contributed by atoms with van der Waals surface area (Å²) in [5.41, 5.74) is 5.01. The molecular weight excluding hydrogens is 548 g/mol. The molecule has 8 heteroatoms. The van der Waals surface area contributed by atoms with Crippen molar-refractivity contribution < 1.29 is 19.0 Å². The third-order valence-corrected chi connectivity index (χ3v) is 8.29. The fraction of sp³-hybridized carbons (Fsp3) is 0.265. The lowest BCUT2D eigenvalue weighted by Crippen LogP contribution is -2.40. The first-order chi connectivity index (χ1) is 20.3. The van der Waals surface area contributed by atoms with Crippen molar-refractivity contribution in [1.82, 2.24) is 4.57 Å². The molecule has 0 fully saturated rings. The fourth-order valence-electron chi connectivity index (χ4n) is 5.21. The van der Waals surface area contributed by atoms with E-state index in [-0.39, 0.29) is 18.1 Å². The molecule has 0 unspecified atom stereocenters. The van der Waals surface area contributed by atoms with Crippen LogP contribution in [-0.2, 0) is 9.53 Å². The summed E-state index contributed by atoms with van der Waals surface area (Å²) >= 11 is 1.30. The van der Waals surface area contributed by atoms with Crippen molar-refractivity contribution in [1.29, 1.82) is 0 Å². The average Bonchev–Trinajstić information content (AvgIpc) is 3.31. The molecule has 0 radical (unpaired) electrons. The Morgan fingerprint density at radius 1 is 1.05 bits per heavy atom. The van der Waals surface area contributed by atoms with Crippen molar-refractivity contribution in [3.05, 3.63) is 120 Å². The van der Waals surface area contributed by atoms with Crippen molar-refractivity contribution in [2.24, 2.45) is 4.99 Å². The third kappa shape index (κ3) is 5.42. The van der Waals surface area contributed by atoms with Crippen LogP contribution in [0.15, 0.2) is 82.1 Å². The van der Waals surface area contributed by atoms with E-state index < -0.39 is 12.0 Å². The summed E-state index contributed by atoms with van der Waals surface area (Å²) in [5.74, 6) is 1.16. The summed E-state index contributed by atoms with van der Waals surface area (Å²) in [5, 5.41) is 0. The van der Waals surface area contributed by atoms with Crippen LogP contribution in [-0.4, -0.2) is 31.4 Å². The number of carbonyl (C=O) groups is 1. The number of esters is 1. The maximum atomic E-state index is 14.2. The molecule has 1 atom stereocenters. The van der Waals surface area contributed by atoms with Crippen LogP contribution in [0.1, 0.15) is 60.5 Å². The van der Waals surface area contributed by atoms with E-state index in [1.54, 1.807) is 25.7 Å². The first-order valence-electron chi connectivity index (χ1n) is 13.9. The van der Waals surface area contributed by atoms with E-state index in [0.717, 1.165) is 33.6 Å². The second-order valence-electron chi connectivity index (χ2n) is 10.3. The summed E-state index contributed by atoms with van der Waals surface area (Å²) in [7, 11) is 3.26. The van der Waals surface area contributed by atoms with Gasteiger partial charge in [-0.25, -0.2) is 9.79 Å². The van der Waals surface area contributed by atoms with Crippen molar-refractivity contribution in [3.8, 4) is 11.5 Å². The highest BCUT2D eigenvalue weighted by atomic mass is 32.1. The molecular formula is C34H34N2O5S. The smallest absolute Gasteiger partial charge is 0.338 e. The highest BCUT2D eigenvalue weighted by Gasteiger charge is 2.35. The quantitative estimate of drug-likeness (QED) is 0.261. The minimum atomic E-state index is -0.768. The van der Waals surface area contributed by atoms with Crippen LogP contribution >= 0.6 is 11.3 Å². The summed E-state index contributed by atoms with van der Waals surface area (Å²) in [6.07, 6.45) is 1.91. The van der Waals surface area contributed by atoms with Gasteiger partial charge < -0.3 is 14.2 Å². The number of hydrogen-bond acceptors (Lipinski definition) is 7. The van der Waals surface area contributed by atoms with Gasteiger partial charge in [-0.2, -0.15) is 0 Å². The predicted molar refractivity (Wildman–Crippen MR) is 166 cm³/mol. The summed E-state index contributed by atoms with van der Waals surface area (Å²) in [4.78, 5) is 33.3. The van der Waals surface area contributed by atoms with Crippen molar-refractivity contribution >= 4 is 29.1 Å². The van der Waals surface area contributed by atoms with E-state index in [0.29, 0.717) is 26.4 Å². The van der Waals surface area contributed by atoms with E-state index in [9.17, 15) is 9.59 Å². The van der Waals surface area contributed by atoms with Crippen LogP contribution in [0.4, 0.5) is 0 Å². The van der Waals surface area contributed by atoms with E-state index >= 15 is 0 Å². The van der Waals surface area contributed by atoms with Crippen LogP contribution in [0.3, 0.4) is 0 Å². The Morgan fingerprint density at radius 3 is 2.48 bits per heavy atom. The van der Waals surface area contributed by atoms with Crippen molar-refractivity contribution in [3.63, 3.8) is 0 Å². The Morgan fingerprint density at radius 2 is 1.81 bits per heavy atom. The Balaban J connectivity index is 1.83. The number of carbonyl (C=O) groups excluding carboxylic acids is 1. The average molecular weight is 583 g/mol.